The highest BCUT2D eigenvalue weighted by Gasteiger charge is 2.23. The summed E-state index contributed by atoms with van der Waals surface area (Å²) in [6.45, 7) is 1.25. The van der Waals surface area contributed by atoms with Gasteiger partial charge in [-0.2, -0.15) is 0 Å². The fourth-order valence-electron chi connectivity index (χ4n) is 2.47. The first-order valence-electron chi connectivity index (χ1n) is 7.00. The molecule has 1 amide bonds. The zero-order valence-electron chi connectivity index (χ0n) is 11.5. The largest absolute Gasteiger partial charge is 0.364 e. The number of ether oxygens (including phenoxy) is 1. The van der Waals surface area contributed by atoms with E-state index in [1.54, 1.807) is 0 Å². The Balaban J connectivity index is 1.96. The summed E-state index contributed by atoms with van der Waals surface area (Å²) in [6.07, 6.45) is 0.293. The van der Waals surface area contributed by atoms with Crippen LogP contribution in [0.5, 0.6) is 0 Å². The monoisotopic (exact) mass is 301 g/mol. The molecular formula is C17H16ClNO2. The van der Waals surface area contributed by atoms with Crippen LogP contribution in [0.2, 0.25) is 5.02 Å². The molecule has 3 nitrogen and oxygen atoms in total. The third-order valence-electron chi connectivity index (χ3n) is 3.52. The summed E-state index contributed by atoms with van der Waals surface area (Å²) in [6, 6.07) is 15.5. The van der Waals surface area contributed by atoms with Crippen LogP contribution in [0.15, 0.2) is 48.5 Å². The smallest absolute Gasteiger partial charge is 0.253 e. The van der Waals surface area contributed by atoms with Crippen LogP contribution >= 0.6 is 11.6 Å². The van der Waals surface area contributed by atoms with Crippen molar-refractivity contribution in [2.75, 3.05) is 13.2 Å². The van der Waals surface area contributed by atoms with Crippen molar-refractivity contribution in [2.24, 2.45) is 0 Å². The summed E-state index contributed by atoms with van der Waals surface area (Å²) in [4.78, 5) is 12.1. The van der Waals surface area contributed by atoms with Gasteiger partial charge in [0.2, 0.25) is 0 Å². The number of carbonyl (C=O) groups excluding carboxylic acids is 1. The van der Waals surface area contributed by atoms with Crippen LogP contribution in [0.4, 0.5) is 0 Å². The lowest BCUT2D eigenvalue weighted by atomic mass is 10.00. The molecular weight excluding hydrogens is 286 g/mol. The van der Waals surface area contributed by atoms with E-state index in [2.05, 4.69) is 5.32 Å². The zero-order chi connectivity index (χ0) is 14.7. The Morgan fingerprint density at radius 2 is 2.00 bits per heavy atom. The lowest BCUT2D eigenvalue weighted by molar-refractivity contribution is -0.131. The van der Waals surface area contributed by atoms with Crippen molar-refractivity contribution in [3.8, 4) is 11.1 Å². The zero-order valence-corrected chi connectivity index (χ0v) is 12.3. The Bertz CT molecular complexity index is 657. The van der Waals surface area contributed by atoms with Crippen molar-refractivity contribution in [1.82, 2.24) is 5.32 Å². The predicted molar refractivity (Wildman–Crippen MR) is 83.2 cm³/mol. The number of nitrogens with one attached hydrogen (secondary N) is 1. The molecule has 1 saturated heterocycles. The maximum atomic E-state index is 12.1. The minimum absolute atomic E-state index is 0.0798. The predicted octanol–water partition coefficient (Wildman–Crippen LogP) is 3.58. The molecule has 0 bridgehead atoms. The number of halogens is 1. The third-order valence-corrected chi connectivity index (χ3v) is 3.85. The first-order chi connectivity index (χ1) is 10.3. The number of amides is 1. The summed E-state index contributed by atoms with van der Waals surface area (Å²) in [5, 5.41) is 3.57. The van der Waals surface area contributed by atoms with E-state index in [0.29, 0.717) is 18.2 Å². The third kappa shape index (κ3) is 3.09. The SMILES string of the molecule is O=C1NCCCOC1c1cccc(-c2ccccc2Cl)c1. The maximum absolute atomic E-state index is 12.1. The van der Waals surface area contributed by atoms with Gasteiger partial charge in [-0.15, -0.1) is 0 Å². The van der Waals surface area contributed by atoms with Gasteiger partial charge in [0.15, 0.2) is 6.10 Å². The first kappa shape index (κ1) is 14.1. The Labute approximate surface area is 128 Å². The summed E-state index contributed by atoms with van der Waals surface area (Å²) in [5.41, 5.74) is 2.79. The standard InChI is InChI=1S/C17H16ClNO2/c18-15-8-2-1-7-14(15)12-5-3-6-13(11-12)16-17(20)19-9-4-10-21-16/h1-3,5-8,11,16H,4,9-10H2,(H,19,20). The van der Waals surface area contributed by atoms with Gasteiger partial charge < -0.3 is 10.1 Å². The molecule has 0 saturated carbocycles. The van der Waals surface area contributed by atoms with Gasteiger partial charge in [-0.3, -0.25) is 4.79 Å². The molecule has 4 heteroatoms. The maximum Gasteiger partial charge on any atom is 0.253 e. The molecule has 1 N–H and O–H groups in total. The summed E-state index contributed by atoms with van der Waals surface area (Å²) in [7, 11) is 0. The van der Waals surface area contributed by atoms with Gasteiger partial charge in [0.05, 0.1) is 0 Å². The van der Waals surface area contributed by atoms with Gasteiger partial charge in [0.25, 0.3) is 5.91 Å². The van der Waals surface area contributed by atoms with Crippen LogP contribution in [-0.2, 0) is 9.53 Å². The summed E-state index contributed by atoms with van der Waals surface area (Å²) < 4.78 is 5.68. The van der Waals surface area contributed by atoms with Crippen molar-refractivity contribution < 1.29 is 9.53 Å². The molecule has 1 aliphatic heterocycles. The topological polar surface area (TPSA) is 38.3 Å². The average Bonchev–Trinajstić information content (AvgIpc) is 2.72. The summed E-state index contributed by atoms with van der Waals surface area (Å²) >= 11 is 6.24. The summed E-state index contributed by atoms with van der Waals surface area (Å²) in [5.74, 6) is -0.0798. The van der Waals surface area contributed by atoms with Crippen LogP contribution in [-0.4, -0.2) is 19.1 Å². The molecule has 1 fully saturated rings. The van der Waals surface area contributed by atoms with Crippen LogP contribution in [0.3, 0.4) is 0 Å². The van der Waals surface area contributed by atoms with Crippen LogP contribution in [0, 0.1) is 0 Å². The van der Waals surface area contributed by atoms with Crippen molar-refractivity contribution in [3.63, 3.8) is 0 Å². The number of benzene rings is 2. The molecule has 2 aromatic rings. The van der Waals surface area contributed by atoms with Gasteiger partial charge in [0, 0.05) is 23.7 Å². The Hall–Kier alpha value is -1.84. The van der Waals surface area contributed by atoms with Crippen molar-refractivity contribution in [2.45, 2.75) is 12.5 Å². The van der Waals surface area contributed by atoms with Gasteiger partial charge in [-0.1, -0.05) is 48.0 Å². The van der Waals surface area contributed by atoms with E-state index in [4.69, 9.17) is 16.3 Å². The van der Waals surface area contributed by atoms with E-state index >= 15 is 0 Å². The normalized spacial score (nSPS) is 18.9. The number of hydrogen-bond acceptors (Lipinski definition) is 2. The van der Waals surface area contributed by atoms with Gasteiger partial charge in [-0.25, -0.2) is 0 Å². The van der Waals surface area contributed by atoms with Crippen LogP contribution in [0.25, 0.3) is 11.1 Å². The van der Waals surface area contributed by atoms with E-state index in [9.17, 15) is 4.79 Å². The lowest BCUT2D eigenvalue weighted by Gasteiger charge is -2.15. The Morgan fingerprint density at radius 3 is 2.86 bits per heavy atom. The van der Waals surface area contributed by atoms with Crippen molar-refractivity contribution in [1.29, 1.82) is 0 Å². The Morgan fingerprint density at radius 1 is 1.14 bits per heavy atom. The molecule has 1 atom stereocenters. The van der Waals surface area contributed by atoms with E-state index in [0.717, 1.165) is 23.1 Å². The number of hydrogen-bond donors (Lipinski definition) is 1. The lowest BCUT2D eigenvalue weighted by Crippen LogP contribution is -2.28. The number of rotatable bonds is 2. The van der Waals surface area contributed by atoms with Gasteiger partial charge >= 0.3 is 0 Å². The van der Waals surface area contributed by atoms with Crippen LogP contribution in [0.1, 0.15) is 18.1 Å². The van der Waals surface area contributed by atoms with Gasteiger partial charge in [0.1, 0.15) is 0 Å². The highest BCUT2D eigenvalue weighted by molar-refractivity contribution is 6.33. The van der Waals surface area contributed by atoms with Crippen molar-refractivity contribution >= 4 is 17.5 Å². The van der Waals surface area contributed by atoms with Crippen LogP contribution < -0.4 is 5.32 Å². The molecule has 1 heterocycles. The minimum Gasteiger partial charge on any atom is -0.364 e. The average molecular weight is 302 g/mol. The molecule has 1 unspecified atom stereocenters. The molecule has 3 rings (SSSR count). The molecule has 0 aliphatic carbocycles. The highest BCUT2D eigenvalue weighted by atomic mass is 35.5. The molecule has 0 aromatic heterocycles. The molecule has 21 heavy (non-hydrogen) atoms. The Kier molecular flexibility index (Phi) is 4.23. The quantitative estimate of drug-likeness (QED) is 0.920. The van der Waals surface area contributed by atoms with E-state index < -0.39 is 6.10 Å². The van der Waals surface area contributed by atoms with Gasteiger partial charge in [-0.05, 0) is 29.7 Å². The highest BCUT2D eigenvalue weighted by Crippen LogP contribution is 2.30. The number of carbonyl (C=O) groups is 1. The first-order valence-corrected chi connectivity index (χ1v) is 7.38. The van der Waals surface area contributed by atoms with E-state index in [1.165, 1.54) is 0 Å². The van der Waals surface area contributed by atoms with E-state index in [-0.39, 0.29) is 5.91 Å². The molecule has 0 radical (unpaired) electrons. The van der Waals surface area contributed by atoms with E-state index in [1.807, 2.05) is 48.5 Å². The molecule has 2 aromatic carbocycles. The second kappa shape index (κ2) is 6.29. The fourth-order valence-corrected chi connectivity index (χ4v) is 2.71. The van der Waals surface area contributed by atoms with Crippen molar-refractivity contribution in [3.05, 3.63) is 59.1 Å². The minimum atomic E-state index is -0.546. The molecule has 1 aliphatic rings. The molecule has 0 spiro atoms. The fraction of sp³-hybridized carbons (Fsp3) is 0.235. The second-order valence-corrected chi connectivity index (χ2v) is 5.41. The second-order valence-electron chi connectivity index (χ2n) is 5.00. The molecule has 108 valence electrons.